The molecular formula is C51H32N2. The van der Waals surface area contributed by atoms with Crippen molar-refractivity contribution < 1.29 is 0 Å². The molecule has 10 rings (SSSR count). The highest BCUT2D eigenvalue weighted by atomic mass is 15.0. The molecule has 0 aliphatic carbocycles. The molecule has 10 aromatic rings. The molecule has 0 unspecified atom stereocenters. The summed E-state index contributed by atoms with van der Waals surface area (Å²) in [5.41, 5.74) is 13.2. The monoisotopic (exact) mass is 672 g/mol. The quantitative estimate of drug-likeness (QED) is 0.167. The van der Waals surface area contributed by atoms with Crippen molar-refractivity contribution in [1.82, 2.24) is 4.57 Å². The van der Waals surface area contributed by atoms with E-state index in [1.807, 2.05) is 12.1 Å². The van der Waals surface area contributed by atoms with E-state index < -0.39 is 0 Å². The Kier molecular flexibility index (Phi) is 7.23. The average molecular weight is 673 g/mol. The molecule has 0 atom stereocenters. The maximum Gasteiger partial charge on any atom is 0.0991 e. The van der Waals surface area contributed by atoms with E-state index in [0.29, 0.717) is 5.56 Å². The van der Waals surface area contributed by atoms with Crippen LogP contribution in [0.4, 0.5) is 0 Å². The molecule has 246 valence electrons. The van der Waals surface area contributed by atoms with Gasteiger partial charge < -0.3 is 4.57 Å². The molecule has 2 nitrogen and oxygen atoms in total. The molecule has 0 N–H and O–H groups in total. The van der Waals surface area contributed by atoms with Crippen LogP contribution in [0.15, 0.2) is 194 Å². The Morgan fingerprint density at radius 3 is 1.36 bits per heavy atom. The number of fused-ring (bicyclic) bond motifs is 5. The van der Waals surface area contributed by atoms with Gasteiger partial charge >= 0.3 is 0 Å². The van der Waals surface area contributed by atoms with Crippen LogP contribution in [-0.2, 0) is 0 Å². The molecule has 1 heterocycles. The summed E-state index contributed by atoms with van der Waals surface area (Å²) < 4.78 is 2.38. The summed E-state index contributed by atoms with van der Waals surface area (Å²) in [6.45, 7) is 0. The first kappa shape index (κ1) is 30.6. The van der Waals surface area contributed by atoms with Crippen molar-refractivity contribution in [2.24, 2.45) is 0 Å². The Morgan fingerprint density at radius 2 is 0.792 bits per heavy atom. The van der Waals surface area contributed by atoms with Crippen molar-refractivity contribution in [1.29, 1.82) is 5.26 Å². The van der Waals surface area contributed by atoms with E-state index in [2.05, 4.69) is 193 Å². The van der Waals surface area contributed by atoms with Crippen LogP contribution in [0.5, 0.6) is 0 Å². The molecule has 0 spiro atoms. The first-order chi connectivity index (χ1) is 26.3. The molecule has 0 saturated heterocycles. The van der Waals surface area contributed by atoms with Gasteiger partial charge in [0.1, 0.15) is 0 Å². The van der Waals surface area contributed by atoms with E-state index in [0.717, 1.165) is 33.5 Å². The van der Waals surface area contributed by atoms with Crippen molar-refractivity contribution in [3.05, 3.63) is 200 Å². The van der Waals surface area contributed by atoms with Crippen LogP contribution in [0.1, 0.15) is 5.56 Å². The van der Waals surface area contributed by atoms with E-state index in [-0.39, 0.29) is 0 Å². The number of nitrogens with zero attached hydrogens (tertiary/aromatic N) is 2. The zero-order valence-electron chi connectivity index (χ0n) is 28.9. The number of hydrogen-bond acceptors (Lipinski definition) is 1. The second kappa shape index (κ2) is 12.5. The molecule has 53 heavy (non-hydrogen) atoms. The van der Waals surface area contributed by atoms with Gasteiger partial charge in [-0.15, -0.1) is 0 Å². The minimum atomic E-state index is 0.635. The molecular weight excluding hydrogens is 641 g/mol. The average Bonchev–Trinajstić information content (AvgIpc) is 3.57. The molecule has 0 saturated carbocycles. The maximum absolute atomic E-state index is 10.1. The van der Waals surface area contributed by atoms with Gasteiger partial charge in [0.15, 0.2) is 0 Å². The van der Waals surface area contributed by atoms with Crippen molar-refractivity contribution in [3.8, 4) is 56.3 Å². The van der Waals surface area contributed by atoms with Crippen molar-refractivity contribution in [3.63, 3.8) is 0 Å². The summed E-state index contributed by atoms with van der Waals surface area (Å²) in [5, 5.41) is 17.4. The largest absolute Gasteiger partial charge is 0.309 e. The van der Waals surface area contributed by atoms with E-state index in [1.54, 1.807) is 0 Å². The van der Waals surface area contributed by atoms with Gasteiger partial charge in [0.25, 0.3) is 0 Å². The van der Waals surface area contributed by atoms with Crippen LogP contribution >= 0.6 is 0 Å². The first-order valence-electron chi connectivity index (χ1n) is 18.0. The second-order valence-electron chi connectivity index (χ2n) is 13.5. The van der Waals surface area contributed by atoms with E-state index in [9.17, 15) is 5.26 Å². The molecule has 1 aromatic heterocycles. The number of hydrogen-bond donors (Lipinski definition) is 0. The van der Waals surface area contributed by atoms with E-state index in [4.69, 9.17) is 0 Å². The Labute approximate surface area is 308 Å². The number of para-hydroxylation sites is 3. The second-order valence-corrected chi connectivity index (χ2v) is 13.5. The van der Waals surface area contributed by atoms with Crippen molar-refractivity contribution in [2.75, 3.05) is 0 Å². The number of nitriles is 1. The van der Waals surface area contributed by atoms with E-state index in [1.165, 1.54) is 60.0 Å². The smallest absolute Gasteiger partial charge is 0.0991 e. The summed E-state index contributed by atoms with van der Waals surface area (Å²) >= 11 is 0. The predicted molar refractivity (Wildman–Crippen MR) is 222 cm³/mol. The standard InChI is InChI=1S/C51H32N2/c52-33-34-26-31-38(39-16-8-11-23-47(39)53-48-24-12-9-17-40(48)41-18-10-13-25-49(41)53)46(32-34)35-27-29-37(30-28-35)51-44-21-6-4-19-42(44)50(36-14-2-1-3-15-36)43-20-5-7-22-45(43)51/h1-32H. The lowest BCUT2D eigenvalue weighted by molar-refractivity contribution is 1.18. The Hall–Kier alpha value is -7.21. The van der Waals surface area contributed by atoms with Crippen LogP contribution in [0.25, 0.3) is 93.5 Å². The Bertz CT molecular complexity index is 2940. The molecule has 9 aromatic carbocycles. The zero-order chi connectivity index (χ0) is 35.3. The summed E-state index contributed by atoms with van der Waals surface area (Å²) in [4.78, 5) is 0. The minimum Gasteiger partial charge on any atom is -0.309 e. The van der Waals surface area contributed by atoms with Crippen LogP contribution < -0.4 is 0 Å². The minimum absolute atomic E-state index is 0.635. The number of aromatic nitrogens is 1. The van der Waals surface area contributed by atoms with Crippen LogP contribution in [0.2, 0.25) is 0 Å². The molecule has 0 aliphatic heterocycles. The third kappa shape index (κ3) is 4.94. The Morgan fingerprint density at radius 1 is 0.340 bits per heavy atom. The molecule has 0 bridgehead atoms. The molecule has 0 radical (unpaired) electrons. The van der Waals surface area contributed by atoms with Crippen LogP contribution in [-0.4, -0.2) is 4.57 Å². The van der Waals surface area contributed by atoms with Crippen molar-refractivity contribution in [2.45, 2.75) is 0 Å². The van der Waals surface area contributed by atoms with Gasteiger partial charge in [0.2, 0.25) is 0 Å². The highest BCUT2D eigenvalue weighted by molar-refractivity contribution is 6.21. The van der Waals surface area contributed by atoms with Gasteiger partial charge in [-0.1, -0.05) is 164 Å². The lowest BCUT2D eigenvalue weighted by Crippen LogP contribution is -1.98. The van der Waals surface area contributed by atoms with Crippen molar-refractivity contribution >= 4 is 43.4 Å². The van der Waals surface area contributed by atoms with Crippen LogP contribution in [0.3, 0.4) is 0 Å². The summed E-state index contributed by atoms with van der Waals surface area (Å²) in [5.74, 6) is 0. The normalized spacial score (nSPS) is 11.4. The van der Waals surface area contributed by atoms with Gasteiger partial charge in [-0.3, -0.25) is 0 Å². The first-order valence-corrected chi connectivity index (χ1v) is 18.0. The van der Waals surface area contributed by atoms with Crippen LogP contribution in [0, 0.1) is 11.3 Å². The molecule has 0 fully saturated rings. The number of benzene rings is 9. The highest BCUT2D eigenvalue weighted by Gasteiger charge is 2.19. The fourth-order valence-corrected chi connectivity index (χ4v) is 8.34. The van der Waals surface area contributed by atoms with E-state index >= 15 is 0 Å². The number of rotatable bonds is 5. The zero-order valence-corrected chi connectivity index (χ0v) is 28.9. The molecule has 2 heteroatoms. The van der Waals surface area contributed by atoms with Gasteiger partial charge in [-0.05, 0) is 90.8 Å². The highest BCUT2D eigenvalue weighted by Crippen LogP contribution is 2.45. The lowest BCUT2D eigenvalue weighted by atomic mass is 9.85. The summed E-state index contributed by atoms with van der Waals surface area (Å²) in [6.07, 6.45) is 0. The fourth-order valence-electron chi connectivity index (χ4n) is 8.34. The Balaban J connectivity index is 1.16. The summed E-state index contributed by atoms with van der Waals surface area (Å²) in [7, 11) is 0. The predicted octanol–water partition coefficient (Wildman–Crippen LogP) is 13.6. The molecule has 0 amide bonds. The SMILES string of the molecule is N#Cc1ccc(-c2ccccc2-n2c3ccccc3c3ccccc32)c(-c2ccc(-c3c4ccccc4c(-c4ccccc4)c4ccccc34)cc2)c1. The third-order valence-corrected chi connectivity index (χ3v) is 10.6. The van der Waals surface area contributed by atoms with Gasteiger partial charge in [0, 0.05) is 16.3 Å². The lowest BCUT2D eigenvalue weighted by Gasteiger charge is -2.19. The third-order valence-electron chi connectivity index (χ3n) is 10.6. The fraction of sp³-hybridized carbons (Fsp3) is 0. The topological polar surface area (TPSA) is 28.7 Å². The molecule has 0 aliphatic rings. The summed E-state index contributed by atoms with van der Waals surface area (Å²) in [6, 6.07) is 71.5. The van der Waals surface area contributed by atoms with Gasteiger partial charge in [-0.2, -0.15) is 5.26 Å². The van der Waals surface area contributed by atoms with Gasteiger partial charge in [-0.25, -0.2) is 0 Å². The van der Waals surface area contributed by atoms with Gasteiger partial charge in [0.05, 0.1) is 28.4 Å². The maximum atomic E-state index is 10.1.